The molecule has 4 rings (SSSR count). The van der Waals surface area contributed by atoms with Gasteiger partial charge >= 0.3 is 0 Å². The van der Waals surface area contributed by atoms with Gasteiger partial charge in [0.05, 0.1) is 5.69 Å². The molecule has 2 heterocycles. The predicted molar refractivity (Wildman–Crippen MR) is 99.8 cm³/mol. The highest BCUT2D eigenvalue weighted by molar-refractivity contribution is 6.36. The van der Waals surface area contributed by atoms with Crippen molar-refractivity contribution in [3.63, 3.8) is 0 Å². The number of rotatable bonds is 5. The lowest BCUT2D eigenvalue weighted by Crippen LogP contribution is -2.12. The van der Waals surface area contributed by atoms with Crippen LogP contribution in [0.25, 0.3) is 16.8 Å². The van der Waals surface area contributed by atoms with Crippen LogP contribution in [0.3, 0.4) is 0 Å². The number of benzene rings is 1. The molecule has 24 heavy (non-hydrogen) atoms. The molecular weight excluding hydrogens is 343 g/mol. The van der Waals surface area contributed by atoms with Gasteiger partial charge in [0, 0.05) is 58.4 Å². The van der Waals surface area contributed by atoms with Crippen LogP contribution >= 0.6 is 23.2 Å². The zero-order valence-electron chi connectivity index (χ0n) is 13.1. The Morgan fingerprint density at radius 3 is 2.79 bits per heavy atom. The molecule has 3 aromatic rings. The molecule has 1 fully saturated rings. The molecule has 1 saturated carbocycles. The molecule has 124 valence electrons. The summed E-state index contributed by atoms with van der Waals surface area (Å²) < 4.78 is 2.01. The zero-order valence-corrected chi connectivity index (χ0v) is 14.6. The predicted octanol–water partition coefficient (Wildman–Crippen LogP) is 4.59. The fraction of sp³-hybridized carbons (Fsp3) is 0.278. The number of halogens is 2. The maximum absolute atomic E-state index is 6.44. The van der Waals surface area contributed by atoms with E-state index >= 15 is 0 Å². The Balaban J connectivity index is 1.90. The van der Waals surface area contributed by atoms with Crippen molar-refractivity contribution in [1.82, 2.24) is 9.38 Å². The first-order valence-corrected chi connectivity index (χ1v) is 8.81. The Morgan fingerprint density at radius 2 is 2.08 bits per heavy atom. The minimum Gasteiger partial charge on any atom is -0.381 e. The van der Waals surface area contributed by atoms with Crippen molar-refractivity contribution in [2.75, 3.05) is 11.9 Å². The molecule has 0 spiro atoms. The molecule has 3 N–H and O–H groups in total. The molecular formula is C18H18Cl2N4. The lowest BCUT2D eigenvalue weighted by molar-refractivity contribution is 0.884. The Labute approximate surface area is 150 Å². The molecule has 6 heteroatoms. The summed E-state index contributed by atoms with van der Waals surface area (Å²) in [7, 11) is 0. The SMILES string of the molecule is NCc1c(-c2ccc(Cl)cc2Cl)cn2ccnc2c1NCC1CC1. The summed E-state index contributed by atoms with van der Waals surface area (Å²) in [6, 6.07) is 5.54. The van der Waals surface area contributed by atoms with Crippen LogP contribution in [-0.4, -0.2) is 15.9 Å². The zero-order chi connectivity index (χ0) is 16.7. The highest BCUT2D eigenvalue weighted by Crippen LogP contribution is 2.37. The van der Waals surface area contributed by atoms with Gasteiger partial charge in [-0.15, -0.1) is 0 Å². The van der Waals surface area contributed by atoms with E-state index in [0.717, 1.165) is 40.5 Å². The van der Waals surface area contributed by atoms with Gasteiger partial charge in [-0.1, -0.05) is 29.3 Å². The van der Waals surface area contributed by atoms with E-state index in [0.29, 0.717) is 16.6 Å². The largest absolute Gasteiger partial charge is 0.381 e. The summed E-state index contributed by atoms with van der Waals surface area (Å²) in [6.07, 6.45) is 8.34. The van der Waals surface area contributed by atoms with Gasteiger partial charge in [-0.2, -0.15) is 0 Å². The number of nitrogens with zero attached hydrogens (tertiary/aromatic N) is 2. The molecule has 0 aliphatic heterocycles. The molecule has 0 amide bonds. The average molecular weight is 361 g/mol. The number of nitrogens with two attached hydrogens (primary N) is 1. The number of aromatic nitrogens is 2. The maximum atomic E-state index is 6.44. The summed E-state index contributed by atoms with van der Waals surface area (Å²) in [5.74, 6) is 0.758. The fourth-order valence-corrected chi connectivity index (χ4v) is 3.51. The fourth-order valence-electron chi connectivity index (χ4n) is 3.00. The molecule has 1 aliphatic carbocycles. The molecule has 0 atom stereocenters. The molecule has 0 bridgehead atoms. The van der Waals surface area contributed by atoms with E-state index in [2.05, 4.69) is 10.3 Å². The number of pyridine rings is 1. The Hall–Kier alpha value is -1.75. The summed E-state index contributed by atoms with van der Waals surface area (Å²) in [5.41, 5.74) is 10.9. The monoisotopic (exact) mass is 360 g/mol. The maximum Gasteiger partial charge on any atom is 0.160 e. The van der Waals surface area contributed by atoms with Crippen LogP contribution in [0.4, 0.5) is 5.69 Å². The van der Waals surface area contributed by atoms with E-state index in [4.69, 9.17) is 28.9 Å². The van der Waals surface area contributed by atoms with E-state index < -0.39 is 0 Å². The van der Waals surface area contributed by atoms with E-state index in [-0.39, 0.29) is 0 Å². The third kappa shape index (κ3) is 2.86. The molecule has 0 unspecified atom stereocenters. The average Bonchev–Trinajstić information content (AvgIpc) is 3.27. The summed E-state index contributed by atoms with van der Waals surface area (Å²) in [4.78, 5) is 4.49. The van der Waals surface area contributed by atoms with Crippen molar-refractivity contribution in [3.8, 4) is 11.1 Å². The number of nitrogens with one attached hydrogen (secondary N) is 1. The van der Waals surface area contributed by atoms with E-state index in [1.54, 1.807) is 12.3 Å². The molecule has 0 radical (unpaired) electrons. The van der Waals surface area contributed by atoms with Gasteiger partial charge in [0.15, 0.2) is 5.65 Å². The Kier molecular flexibility index (Phi) is 4.12. The molecule has 2 aromatic heterocycles. The number of fused-ring (bicyclic) bond motifs is 1. The highest BCUT2D eigenvalue weighted by Gasteiger charge is 2.23. The minimum atomic E-state index is 0.407. The van der Waals surface area contributed by atoms with Gasteiger partial charge in [-0.05, 0) is 30.9 Å². The van der Waals surface area contributed by atoms with Crippen molar-refractivity contribution >= 4 is 34.5 Å². The van der Waals surface area contributed by atoms with Crippen molar-refractivity contribution in [3.05, 3.63) is 52.4 Å². The van der Waals surface area contributed by atoms with Gasteiger partial charge in [0.25, 0.3) is 0 Å². The number of anilines is 1. The van der Waals surface area contributed by atoms with Crippen LogP contribution in [0.5, 0.6) is 0 Å². The lowest BCUT2D eigenvalue weighted by Gasteiger charge is -2.18. The normalized spacial score (nSPS) is 14.3. The number of hydrogen-bond acceptors (Lipinski definition) is 3. The number of hydrogen-bond donors (Lipinski definition) is 2. The Morgan fingerprint density at radius 1 is 1.25 bits per heavy atom. The summed E-state index contributed by atoms with van der Waals surface area (Å²) in [5, 5.41) is 4.80. The first-order valence-electron chi connectivity index (χ1n) is 8.05. The van der Waals surface area contributed by atoms with Crippen molar-refractivity contribution in [2.24, 2.45) is 11.7 Å². The molecule has 4 nitrogen and oxygen atoms in total. The topological polar surface area (TPSA) is 55.4 Å². The van der Waals surface area contributed by atoms with Gasteiger partial charge in [-0.3, -0.25) is 0 Å². The van der Waals surface area contributed by atoms with Crippen LogP contribution in [0.2, 0.25) is 10.0 Å². The standard InChI is InChI=1S/C18H18Cl2N4/c19-12-3-4-13(16(20)7-12)15-10-24-6-5-22-18(24)17(14(15)8-21)23-9-11-1-2-11/h3-7,10-11,23H,1-2,8-9,21H2. The van der Waals surface area contributed by atoms with Crippen molar-refractivity contribution < 1.29 is 0 Å². The third-order valence-corrected chi connectivity index (χ3v) is 5.03. The Bertz CT molecular complexity index is 899. The van der Waals surface area contributed by atoms with Gasteiger partial charge in [0.2, 0.25) is 0 Å². The molecule has 0 saturated heterocycles. The molecule has 1 aliphatic rings. The second-order valence-corrected chi connectivity index (χ2v) is 7.05. The second kappa shape index (κ2) is 6.28. The first kappa shape index (κ1) is 15.8. The molecule has 1 aromatic carbocycles. The van der Waals surface area contributed by atoms with Gasteiger partial charge in [-0.25, -0.2) is 4.98 Å². The van der Waals surface area contributed by atoms with Gasteiger partial charge < -0.3 is 15.5 Å². The van der Waals surface area contributed by atoms with E-state index in [1.165, 1.54) is 12.8 Å². The third-order valence-electron chi connectivity index (χ3n) is 4.48. The minimum absolute atomic E-state index is 0.407. The van der Waals surface area contributed by atoms with Crippen LogP contribution in [0.15, 0.2) is 36.8 Å². The highest BCUT2D eigenvalue weighted by atomic mass is 35.5. The van der Waals surface area contributed by atoms with Crippen LogP contribution < -0.4 is 11.1 Å². The smallest absolute Gasteiger partial charge is 0.160 e. The van der Waals surface area contributed by atoms with Crippen LogP contribution in [0, 0.1) is 5.92 Å². The summed E-state index contributed by atoms with van der Waals surface area (Å²) >= 11 is 12.5. The van der Waals surface area contributed by atoms with Crippen molar-refractivity contribution in [2.45, 2.75) is 19.4 Å². The summed E-state index contributed by atoms with van der Waals surface area (Å²) in [6.45, 7) is 1.36. The number of imidazole rings is 1. The van der Waals surface area contributed by atoms with Crippen molar-refractivity contribution in [1.29, 1.82) is 0 Å². The lowest BCUT2D eigenvalue weighted by atomic mass is 10.00. The van der Waals surface area contributed by atoms with Crippen LogP contribution in [-0.2, 0) is 6.54 Å². The van der Waals surface area contributed by atoms with E-state index in [9.17, 15) is 0 Å². The van der Waals surface area contributed by atoms with Crippen LogP contribution in [0.1, 0.15) is 18.4 Å². The van der Waals surface area contributed by atoms with Gasteiger partial charge in [0.1, 0.15) is 0 Å². The second-order valence-electron chi connectivity index (χ2n) is 6.21. The first-order chi connectivity index (χ1) is 11.7. The quantitative estimate of drug-likeness (QED) is 0.699. The van der Waals surface area contributed by atoms with E-state index in [1.807, 2.05) is 28.9 Å².